The average Bonchev–Trinajstić information content (AvgIpc) is 2.36. The predicted molar refractivity (Wildman–Crippen MR) is 74.2 cm³/mol. The number of likely N-dealkylation sites (N-methyl/N-ethyl adjacent to an activating group) is 1. The molecule has 0 aliphatic carbocycles. The molecule has 0 bridgehead atoms. The Morgan fingerprint density at radius 1 is 1.30 bits per heavy atom. The van der Waals surface area contributed by atoms with Crippen molar-refractivity contribution in [2.24, 2.45) is 0 Å². The van der Waals surface area contributed by atoms with Gasteiger partial charge in [0, 0.05) is 18.2 Å². The highest BCUT2D eigenvalue weighted by atomic mass is 35.5. The van der Waals surface area contributed by atoms with Crippen molar-refractivity contribution in [1.29, 1.82) is 0 Å². The Bertz CT molecular complexity index is 398. The summed E-state index contributed by atoms with van der Waals surface area (Å²) in [6.07, 6.45) is -2.97. The molecule has 0 amide bonds. The molecule has 0 spiro atoms. The van der Waals surface area contributed by atoms with E-state index >= 15 is 0 Å². The molecule has 1 aromatic carbocycles. The van der Waals surface area contributed by atoms with Gasteiger partial charge in [0.2, 0.25) is 0 Å². The van der Waals surface area contributed by atoms with Gasteiger partial charge in [-0.05, 0) is 37.4 Å². The molecule has 0 aliphatic heterocycles. The van der Waals surface area contributed by atoms with Crippen LogP contribution in [-0.2, 0) is 4.74 Å². The lowest BCUT2D eigenvalue weighted by molar-refractivity contribution is -0.174. The molecule has 0 heterocycles. The van der Waals surface area contributed by atoms with E-state index in [-0.39, 0.29) is 12.5 Å². The number of ether oxygens (including phenoxy) is 1. The van der Waals surface area contributed by atoms with Gasteiger partial charge in [-0.3, -0.25) is 0 Å². The first-order valence-corrected chi connectivity index (χ1v) is 6.85. The molecule has 6 heteroatoms. The fourth-order valence-corrected chi connectivity index (χ4v) is 2.33. The number of nitrogens with one attached hydrogen (secondary N) is 1. The Morgan fingerprint density at radius 3 is 2.60 bits per heavy atom. The number of rotatable bonds is 8. The lowest BCUT2D eigenvalue weighted by Gasteiger charge is -2.18. The van der Waals surface area contributed by atoms with Crippen LogP contribution in [0.5, 0.6) is 0 Å². The third-order valence-corrected chi connectivity index (χ3v) is 3.25. The highest BCUT2D eigenvalue weighted by Crippen LogP contribution is 2.27. The molecule has 0 radical (unpaired) electrons. The van der Waals surface area contributed by atoms with Crippen LogP contribution in [0, 0.1) is 0 Å². The van der Waals surface area contributed by atoms with Gasteiger partial charge in [-0.25, -0.2) is 0 Å². The van der Waals surface area contributed by atoms with E-state index in [1.807, 2.05) is 31.3 Å². The highest BCUT2D eigenvalue weighted by molar-refractivity contribution is 6.31. The van der Waals surface area contributed by atoms with Gasteiger partial charge in [0.15, 0.2) is 0 Å². The summed E-state index contributed by atoms with van der Waals surface area (Å²) in [6.45, 7) is -0.358. The molecule has 0 fully saturated rings. The zero-order valence-corrected chi connectivity index (χ0v) is 12.1. The molecule has 114 valence electrons. The van der Waals surface area contributed by atoms with Crippen molar-refractivity contribution in [3.8, 4) is 0 Å². The number of benzene rings is 1. The van der Waals surface area contributed by atoms with Crippen LogP contribution in [0.15, 0.2) is 24.3 Å². The van der Waals surface area contributed by atoms with E-state index in [4.69, 9.17) is 11.6 Å². The molecule has 1 rings (SSSR count). The minimum atomic E-state index is -4.26. The molecule has 0 saturated carbocycles. The van der Waals surface area contributed by atoms with Crippen LogP contribution in [0.4, 0.5) is 13.2 Å². The number of hydrogen-bond donors (Lipinski definition) is 1. The summed E-state index contributed by atoms with van der Waals surface area (Å²) in [7, 11) is 1.84. The first kappa shape index (κ1) is 17.3. The molecular weight excluding hydrogens is 291 g/mol. The fourth-order valence-electron chi connectivity index (χ4n) is 2.04. The molecule has 1 unspecified atom stereocenters. The van der Waals surface area contributed by atoms with Crippen LogP contribution in [0.1, 0.15) is 24.3 Å². The van der Waals surface area contributed by atoms with Crippen LogP contribution in [0.3, 0.4) is 0 Å². The third kappa shape index (κ3) is 6.59. The quantitative estimate of drug-likeness (QED) is 0.733. The van der Waals surface area contributed by atoms with Crippen LogP contribution >= 0.6 is 11.6 Å². The van der Waals surface area contributed by atoms with Gasteiger partial charge >= 0.3 is 6.18 Å². The standard InChI is InChI=1S/C14H19ClF3NO/c1-19-9-11(12-6-2-3-7-13(12)15)5-4-8-20-10-14(16,17)18/h2-3,6-7,11,19H,4-5,8-10H2,1H3. The summed E-state index contributed by atoms with van der Waals surface area (Å²) in [6, 6.07) is 7.53. The zero-order chi connectivity index (χ0) is 15.0. The van der Waals surface area contributed by atoms with Crippen molar-refractivity contribution in [3.05, 3.63) is 34.9 Å². The van der Waals surface area contributed by atoms with E-state index in [0.29, 0.717) is 11.4 Å². The summed E-state index contributed by atoms with van der Waals surface area (Å²) >= 11 is 6.15. The maximum Gasteiger partial charge on any atom is 0.411 e. The Hall–Kier alpha value is -0.780. The molecule has 0 saturated heterocycles. The summed E-state index contributed by atoms with van der Waals surface area (Å²) in [5, 5.41) is 3.76. The second-order valence-electron chi connectivity index (χ2n) is 4.59. The summed E-state index contributed by atoms with van der Waals surface area (Å²) < 4.78 is 40.4. The van der Waals surface area contributed by atoms with Crippen LogP contribution < -0.4 is 5.32 Å². The minimum Gasteiger partial charge on any atom is -0.372 e. The van der Waals surface area contributed by atoms with Gasteiger partial charge in [0.05, 0.1) is 0 Å². The van der Waals surface area contributed by atoms with Crippen molar-refractivity contribution in [2.45, 2.75) is 24.9 Å². The number of alkyl halides is 3. The molecule has 20 heavy (non-hydrogen) atoms. The number of hydrogen-bond acceptors (Lipinski definition) is 2. The van der Waals surface area contributed by atoms with Gasteiger partial charge in [0.1, 0.15) is 6.61 Å². The summed E-state index contributed by atoms with van der Waals surface area (Å²) in [4.78, 5) is 0. The van der Waals surface area contributed by atoms with Gasteiger partial charge in [-0.1, -0.05) is 29.8 Å². The second kappa shape index (κ2) is 8.49. The largest absolute Gasteiger partial charge is 0.411 e. The first-order chi connectivity index (χ1) is 9.44. The monoisotopic (exact) mass is 309 g/mol. The van der Waals surface area contributed by atoms with E-state index in [1.54, 1.807) is 0 Å². The Kier molecular flexibility index (Phi) is 7.34. The van der Waals surface area contributed by atoms with Crippen molar-refractivity contribution < 1.29 is 17.9 Å². The van der Waals surface area contributed by atoms with Crippen molar-refractivity contribution in [3.63, 3.8) is 0 Å². The van der Waals surface area contributed by atoms with Crippen LogP contribution in [-0.4, -0.2) is 33.0 Å². The molecule has 2 nitrogen and oxygen atoms in total. The molecule has 0 aliphatic rings. The van der Waals surface area contributed by atoms with Gasteiger partial charge < -0.3 is 10.1 Å². The zero-order valence-electron chi connectivity index (χ0n) is 11.3. The third-order valence-electron chi connectivity index (χ3n) is 2.90. The predicted octanol–water partition coefficient (Wildman–Crippen LogP) is 4.00. The van der Waals surface area contributed by atoms with E-state index < -0.39 is 12.8 Å². The molecule has 0 aromatic heterocycles. The lowest BCUT2D eigenvalue weighted by atomic mass is 9.94. The maximum absolute atomic E-state index is 11.9. The minimum absolute atomic E-state index is 0.101. The molecular formula is C14H19ClF3NO. The average molecular weight is 310 g/mol. The van der Waals surface area contributed by atoms with Gasteiger partial charge in [-0.2, -0.15) is 13.2 Å². The van der Waals surface area contributed by atoms with E-state index in [9.17, 15) is 13.2 Å². The van der Waals surface area contributed by atoms with Gasteiger partial charge in [0.25, 0.3) is 0 Å². The molecule has 1 N–H and O–H groups in total. The first-order valence-electron chi connectivity index (χ1n) is 6.47. The Morgan fingerprint density at radius 2 is 2.00 bits per heavy atom. The molecule has 1 aromatic rings. The van der Waals surface area contributed by atoms with Gasteiger partial charge in [-0.15, -0.1) is 0 Å². The smallest absolute Gasteiger partial charge is 0.372 e. The van der Waals surface area contributed by atoms with Crippen LogP contribution in [0.2, 0.25) is 5.02 Å². The van der Waals surface area contributed by atoms with Crippen molar-refractivity contribution in [1.82, 2.24) is 5.32 Å². The van der Waals surface area contributed by atoms with Crippen molar-refractivity contribution >= 4 is 11.6 Å². The highest BCUT2D eigenvalue weighted by Gasteiger charge is 2.27. The SMILES string of the molecule is CNCC(CCCOCC(F)(F)F)c1ccccc1Cl. The topological polar surface area (TPSA) is 21.3 Å². The molecule has 1 atom stereocenters. The van der Waals surface area contributed by atoms with E-state index in [1.165, 1.54) is 0 Å². The Balaban J connectivity index is 2.42. The van der Waals surface area contributed by atoms with E-state index in [2.05, 4.69) is 10.1 Å². The summed E-state index contributed by atoms with van der Waals surface area (Å²) in [5.74, 6) is 0.170. The lowest BCUT2D eigenvalue weighted by Crippen LogP contribution is -2.19. The number of halogens is 4. The van der Waals surface area contributed by atoms with E-state index in [0.717, 1.165) is 18.5 Å². The maximum atomic E-state index is 11.9. The van der Waals surface area contributed by atoms with Crippen molar-refractivity contribution in [2.75, 3.05) is 26.8 Å². The Labute approximate surface area is 122 Å². The van der Waals surface area contributed by atoms with Crippen LogP contribution in [0.25, 0.3) is 0 Å². The second-order valence-corrected chi connectivity index (χ2v) is 4.99. The normalized spacial score (nSPS) is 13.4. The summed E-state index contributed by atoms with van der Waals surface area (Å²) in [5.41, 5.74) is 1.01. The fraction of sp³-hybridized carbons (Fsp3) is 0.571.